The summed E-state index contributed by atoms with van der Waals surface area (Å²) in [5, 5.41) is 17.8. The summed E-state index contributed by atoms with van der Waals surface area (Å²) in [5.41, 5.74) is 0. The molecule has 20 heavy (non-hydrogen) atoms. The summed E-state index contributed by atoms with van der Waals surface area (Å²) in [6, 6.07) is 9.73. The van der Waals surface area contributed by atoms with Crippen LogP contribution in [0.3, 0.4) is 0 Å². The summed E-state index contributed by atoms with van der Waals surface area (Å²) in [5.74, 6) is 0.643. The molecule has 0 aliphatic rings. The number of aliphatic hydroxyl groups is 1. The molecule has 2 aromatic rings. The Hall–Kier alpha value is -1.13. The zero-order valence-electron chi connectivity index (χ0n) is 10.6. The highest BCUT2D eigenvalue weighted by atomic mass is 35.5. The highest BCUT2D eigenvalue weighted by Gasteiger charge is 2.10. The van der Waals surface area contributed by atoms with Crippen LogP contribution in [-0.4, -0.2) is 16.8 Å². The first-order valence-electron chi connectivity index (χ1n) is 5.71. The van der Waals surface area contributed by atoms with Crippen LogP contribution in [0.1, 0.15) is 6.92 Å². The van der Waals surface area contributed by atoms with Gasteiger partial charge in [-0.1, -0.05) is 46.9 Å². The zero-order valence-corrected chi connectivity index (χ0v) is 12.9. The standard InChI is InChI=1S/C12H7Cl3O2.C2H6O/c13-7-3-1-5-9(11(7)14)17-10-6-2-4-8(16)12(10)15;1-2-3/h1-6,16H;3H,2H2,1H3. The molecular weight excluding hydrogens is 323 g/mol. The number of rotatable bonds is 2. The third kappa shape index (κ3) is 4.46. The van der Waals surface area contributed by atoms with Crippen molar-refractivity contribution in [2.45, 2.75) is 6.92 Å². The Bertz CT molecular complexity index is 524. The maximum atomic E-state index is 9.43. The summed E-state index contributed by atoms with van der Waals surface area (Å²) in [6.07, 6.45) is 0. The third-order valence-corrected chi connectivity index (χ3v) is 3.26. The lowest BCUT2D eigenvalue weighted by Crippen LogP contribution is -1.86. The minimum Gasteiger partial charge on any atom is -0.506 e. The molecule has 0 bridgehead atoms. The van der Waals surface area contributed by atoms with Gasteiger partial charge in [-0.05, 0) is 31.2 Å². The number of benzene rings is 2. The normalized spacial score (nSPS) is 9.65. The molecule has 0 aliphatic carbocycles. The van der Waals surface area contributed by atoms with Gasteiger partial charge in [-0.3, -0.25) is 0 Å². The van der Waals surface area contributed by atoms with Gasteiger partial charge < -0.3 is 14.9 Å². The molecule has 2 aromatic carbocycles. The van der Waals surface area contributed by atoms with E-state index in [4.69, 9.17) is 44.6 Å². The first-order valence-corrected chi connectivity index (χ1v) is 6.84. The van der Waals surface area contributed by atoms with Gasteiger partial charge in [0.15, 0.2) is 0 Å². The Balaban J connectivity index is 0.000000612. The number of phenolic OH excluding ortho intramolecular Hbond substituents is 1. The molecule has 2 N–H and O–H groups in total. The Kier molecular flexibility index (Phi) is 6.96. The lowest BCUT2D eigenvalue weighted by molar-refractivity contribution is 0.318. The molecule has 0 aliphatic heterocycles. The van der Waals surface area contributed by atoms with Crippen molar-refractivity contribution < 1.29 is 14.9 Å². The number of hydrogen-bond donors (Lipinski definition) is 2. The van der Waals surface area contributed by atoms with E-state index in [1.54, 1.807) is 37.3 Å². The summed E-state index contributed by atoms with van der Waals surface area (Å²) in [4.78, 5) is 0. The van der Waals surface area contributed by atoms with Crippen molar-refractivity contribution in [1.29, 1.82) is 0 Å². The van der Waals surface area contributed by atoms with Crippen molar-refractivity contribution >= 4 is 34.8 Å². The number of halogens is 3. The third-order valence-electron chi connectivity index (χ3n) is 2.08. The maximum Gasteiger partial charge on any atom is 0.149 e. The van der Waals surface area contributed by atoms with Gasteiger partial charge in [0, 0.05) is 6.61 Å². The smallest absolute Gasteiger partial charge is 0.149 e. The van der Waals surface area contributed by atoms with Crippen LogP contribution in [0.25, 0.3) is 0 Å². The Morgan fingerprint density at radius 2 is 1.45 bits per heavy atom. The molecule has 0 atom stereocenters. The molecule has 0 aromatic heterocycles. The van der Waals surface area contributed by atoms with Gasteiger partial charge in [0.05, 0.1) is 5.02 Å². The maximum absolute atomic E-state index is 9.43. The van der Waals surface area contributed by atoms with Gasteiger partial charge in [-0.25, -0.2) is 0 Å². The minimum atomic E-state index is -0.0534. The SMILES string of the molecule is CCO.Oc1cccc(Oc2cccc(Cl)c2Cl)c1Cl. The van der Waals surface area contributed by atoms with Crippen LogP contribution in [0.4, 0.5) is 0 Å². The predicted molar refractivity (Wildman–Crippen MR) is 82.4 cm³/mol. The monoisotopic (exact) mass is 334 g/mol. The summed E-state index contributed by atoms with van der Waals surface area (Å²) < 4.78 is 5.49. The summed E-state index contributed by atoms with van der Waals surface area (Å²) >= 11 is 17.7. The second-order valence-electron chi connectivity index (χ2n) is 3.56. The first-order chi connectivity index (χ1) is 9.51. The van der Waals surface area contributed by atoms with Crippen LogP contribution in [0, 0.1) is 0 Å². The van der Waals surface area contributed by atoms with E-state index in [0.29, 0.717) is 21.5 Å². The van der Waals surface area contributed by atoms with E-state index in [0.717, 1.165) is 0 Å². The zero-order chi connectivity index (χ0) is 15.1. The Morgan fingerprint density at radius 1 is 0.950 bits per heavy atom. The molecule has 0 heterocycles. The second kappa shape index (κ2) is 8.22. The summed E-state index contributed by atoms with van der Waals surface area (Å²) in [7, 11) is 0. The number of phenols is 1. The molecule has 0 spiro atoms. The first kappa shape index (κ1) is 16.9. The Labute approximate surface area is 132 Å². The molecule has 0 unspecified atom stereocenters. The van der Waals surface area contributed by atoms with Crippen LogP contribution < -0.4 is 4.74 Å². The Morgan fingerprint density at radius 3 is 2.05 bits per heavy atom. The largest absolute Gasteiger partial charge is 0.506 e. The van der Waals surface area contributed by atoms with E-state index >= 15 is 0 Å². The van der Waals surface area contributed by atoms with E-state index in [2.05, 4.69) is 0 Å². The molecule has 0 amide bonds. The van der Waals surface area contributed by atoms with E-state index in [9.17, 15) is 5.11 Å². The fourth-order valence-corrected chi connectivity index (χ4v) is 1.75. The van der Waals surface area contributed by atoms with Crippen LogP contribution in [0.2, 0.25) is 15.1 Å². The minimum absolute atomic E-state index is 0.0534. The molecule has 0 fully saturated rings. The quantitative estimate of drug-likeness (QED) is 0.798. The van der Waals surface area contributed by atoms with Gasteiger partial charge in [-0.15, -0.1) is 0 Å². The van der Waals surface area contributed by atoms with Crippen LogP contribution in [-0.2, 0) is 0 Å². The molecule has 0 saturated carbocycles. The van der Waals surface area contributed by atoms with Crippen LogP contribution in [0.15, 0.2) is 36.4 Å². The predicted octanol–water partition coefficient (Wildman–Crippen LogP) is 5.14. The van der Waals surface area contributed by atoms with Gasteiger partial charge in [-0.2, -0.15) is 0 Å². The molecule has 0 saturated heterocycles. The lowest BCUT2D eigenvalue weighted by Gasteiger charge is -2.10. The van der Waals surface area contributed by atoms with Crippen LogP contribution >= 0.6 is 34.8 Å². The van der Waals surface area contributed by atoms with Gasteiger partial charge in [0.2, 0.25) is 0 Å². The van der Waals surface area contributed by atoms with Gasteiger partial charge in [0.1, 0.15) is 27.3 Å². The topological polar surface area (TPSA) is 49.7 Å². The lowest BCUT2D eigenvalue weighted by atomic mass is 10.3. The molecule has 108 valence electrons. The van der Waals surface area contributed by atoms with E-state index < -0.39 is 0 Å². The molecule has 2 rings (SSSR count). The van der Waals surface area contributed by atoms with Crippen LogP contribution in [0.5, 0.6) is 17.2 Å². The molecule has 3 nitrogen and oxygen atoms in total. The van der Waals surface area contributed by atoms with Crippen molar-refractivity contribution in [3.05, 3.63) is 51.5 Å². The number of aromatic hydroxyl groups is 1. The summed E-state index contributed by atoms with van der Waals surface area (Å²) in [6.45, 7) is 1.93. The fraction of sp³-hybridized carbons (Fsp3) is 0.143. The van der Waals surface area contributed by atoms with E-state index in [1.807, 2.05) is 0 Å². The highest BCUT2D eigenvalue weighted by molar-refractivity contribution is 6.43. The molecule has 6 heteroatoms. The van der Waals surface area contributed by atoms with Gasteiger partial charge >= 0.3 is 0 Å². The number of aliphatic hydroxyl groups excluding tert-OH is 1. The van der Waals surface area contributed by atoms with E-state index in [-0.39, 0.29) is 17.4 Å². The fourth-order valence-electron chi connectivity index (χ4n) is 1.26. The molecular formula is C14H13Cl3O3. The highest BCUT2D eigenvalue weighted by Crippen LogP contribution is 2.39. The number of hydrogen-bond acceptors (Lipinski definition) is 3. The second-order valence-corrected chi connectivity index (χ2v) is 4.72. The average molecular weight is 336 g/mol. The van der Waals surface area contributed by atoms with Crippen molar-refractivity contribution in [2.24, 2.45) is 0 Å². The average Bonchev–Trinajstić information content (AvgIpc) is 2.41. The van der Waals surface area contributed by atoms with Crippen molar-refractivity contribution in [3.8, 4) is 17.2 Å². The van der Waals surface area contributed by atoms with Gasteiger partial charge in [0.25, 0.3) is 0 Å². The van der Waals surface area contributed by atoms with E-state index in [1.165, 1.54) is 6.07 Å². The number of ether oxygens (including phenoxy) is 1. The molecule has 0 radical (unpaired) electrons. The van der Waals surface area contributed by atoms with Crippen molar-refractivity contribution in [1.82, 2.24) is 0 Å². The van der Waals surface area contributed by atoms with Crippen molar-refractivity contribution in [2.75, 3.05) is 6.61 Å². The van der Waals surface area contributed by atoms with Crippen molar-refractivity contribution in [3.63, 3.8) is 0 Å².